The number of carbonyl (C=O) groups excluding carboxylic acids is 1. The van der Waals surface area contributed by atoms with Crippen molar-refractivity contribution in [1.82, 2.24) is 0 Å². The van der Waals surface area contributed by atoms with Crippen LogP contribution in [0.4, 0.5) is 0 Å². The topological polar surface area (TPSA) is 17.1 Å². The largest absolute Gasteiger partial charge is 0.303 e. The fraction of sp³-hybridized carbons (Fsp3) is 0.533. The SMILES string of the molecule is CC(C)Sc1cccc(CCCCCC=O)c1. The maximum atomic E-state index is 10.2. The van der Waals surface area contributed by atoms with Gasteiger partial charge in [-0.1, -0.05) is 32.4 Å². The average molecular weight is 250 g/mol. The Morgan fingerprint density at radius 1 is 1.24 bits per heavy atom. The lowest BCUT2D eigenvalue weighted by Crippen LogP contribution is -1.89. The van der Waals surface area contributed by atoms with Gasteiger partial charge in [-0.15, -0.1) is 11.8 Å². The zero-order valence-corrected chi connectivity index (χ0v) is 11.6. The molecule has 0 saturated carbocycles. The third-order valence-corrected chi connectivity index (χ3v) is 3.56. The number of carbonyl (C=O) groups is 1. The number of thioether (sulfide) groups is 1. The second kappa shape index (κ2) is 8.35. The molecular weight excluding hydrogens is 228 g/mol. The first-order valence-corrected chi connectivity index (χ1v) is 7.29. The van der Waals surface area contributed by atoms with E-state index in [2.05, 4.69) is 38.1 Å². The van der Waals surface area contributed by atoms with Gasteiger partial charge in [-0.25, -0.2) is 0 Å². The van der Waals surface area contributed by atoms with E-state index < -0.39 is 0 Å². The second-order valence-corrected chi connectivity index (χ2v) is 6.23. The molecule has 1 nitrogen and oxygen atoms in total. The molecule has 0 aromatic heterocycles. The molecule has 2 heteroatoms. The van der Waals surface area contributed by atoms with Crippen molar-refractivity contribution in [3.8, 4) is 0 Å². The smallest absolute Gasteiger partial charge is 0.119 e. The molecule has 0 aliphatic heterocycles. The number of unbranched alkanes of at least 4 members (excludes halogenated alkanes) is 3. The highest BCUT2D eigenvalue weighted by molar-refractivity contribution is 7.99. The highest BCUT2D eigenvalue weighted by atomic mass is 32.2. The zero-order chi connectivity index (χ0) is 12.5. The van der Waals surface area contributed by atoms with Gasteiger partial charge in [0.1, 0.15) is 6.29 Å². The molecule has 17 heavy (non-hydrogen) atoms. The molecule has 0 N–H and O–H groups in total. The monoisotopic (exact) mass is 250 g/mol. The van der Waals surface area contributed by atoms with Crippen molar-refractivity contribution >= 4 is 18.0 Å². The number of rotatable bonds is 8. The molecule has 0 fully saturated rings. The maximum absolute atomic E-state index is 10.2. The highest BCUT2D eigenvalue weighted by Gasteiger charge is 2.00. The molecule has 1 aromatic carbocycles. The lowest BCUT2D eigenvalue weighted by atomic mass is 10.1. The molecule has 0 radical (unpaired) electrons. The van der Waals surface area contributed by atoms with E-state index in [4.69, 9.17) is 0 Å². The first-order valence-electron chi connectivity index (χ1n) is 6.41. The fourth-order valence-corrected chi connectivity index (χ4v) is 2.70. The summed E-state index contributed by atoms with van der Waals surface area (Å²) in [5.41, 5.74) is 1.42. The number of benzene rings is 1. The summed E-state index contributed by atoms with van der Waals surface area (Å²) in [6.07, 6.45) is 6.22. The van der Waals surface area contributed by atoms with Gasteiger partial charge < -0.3 is 4.79 Å². The van der Waals surface area contributed by atoms with E-state index in [-0.39, 0.29) is 0 Å². The van der Waals surface area contributed by atoms with Gasteiger partial charge in [0.05, 0.1) is 0 Å². The van der Waals surface area contributed by atoms with Gasteiger partial charge in [-0.05, 0) is 37.0 Å². The van der Waals surface area contributed by atoms with E-state index in [1.54, 1.807) is 0 Å². The first-order chi connectivity index (χ1) is 8.22. The Morgan fingerprint density at radius 2 is 2.06 bits per heavy atom. The highest BCUT2D eigenvalue weighted by Crippen LogP contribution is 2.24. The Kier molecular flexibility index (Phi) is 7.02. The molecular formula is C15H22OS. The van der Waals surface area contributed by atoms with E-state index >= 15 is 0 Å². The number of aryl methyl sites for hydroxylation is 1. The lowest BCUT2D eigenvalue weighted by Gasteiger charge is -2.07. The van der Waals surface area contributed by atoms with Crippen LogP contribution in [0.15, 0.2) is 29.2 Å². The molecule has 94 valence electrons. The molecule has 0 aliphatic carbocycles. The molecule has 1 aromatic rings. The zero-order valence-electron chi connectivity index (χ0n) is 10.8. The molecule has 1 rings (SSSR count). The van der Waals surface area contributed by atoms with Gasteiger partial charge in [-0.2, -0.15) is 0 Å². The summed E-state index contributed by atoms with van der Waals surface area (Å²) in [7, 11) is 0. The van der Waals surface area contributed by atoms with E-state index in [1.807, 2.05) is 11.8 Å². The van der Waals surface area contributed by atoms with Crippen molar-refractivity contribution < 1.29 is 4.79 Å². The van der Waals surface area contributed by atoms with E-state index in [1.165, 1.54) is 16.9 Å². The van der Waals surface area contributed by atoms with Crippen LogP contribution in [0.5, 0.6) is 0 Å². The summed E-state index contributed by atoms with van der Waals surface area (Å²) in [5.74, 6) is 0. The number of aldehydes is 1. The predicted molar refractivity (Wildman–Crippen MR) is 75.7 cm³/mol. The molecule has 0 atom stereocenters. The quantitative estimate of drug-likeness (QED) is 0.384. The van der Waals surface area contributed by atoms with Crippen LogP contribution in [-0.2, 0) is 11.2 Å². The van der Waals surface area contributed by atoms with Crippen molar-refractivity contribution in [1.29, 1.82) is 0 Å². The van der Waals surface area contributed by atoms with Crippen LogP contribution in [0, 0.1) is 0 Å². The Bertz CT molecular complexity index is 333. The van der Waals surface area contributed by atoms with Crippen LogP contribution in [0.2, 0.25) is 0 Å². The summed E-state index contributed by atoms with van der Waals surface area (Å²) in [4.78, 5) is 11.5. The third kappa shape index (κ3) is 6.52. The van der Waals surface area contributed by atoms with Crippen molar-refractivity contribution in [2.24, 2.45) is 0 Å². The Morgan fingerprint density at radius 3 is 2.76 bits per heavy atom. The normalized spacial score (nSPS) is 10.8. The van der Waals surface area contributed by atoms with Crippen LogP contribution in [0.25, 0.3) is 0 Å². The van der Waals surface area contributed by atoms with Gasteiger partial charge >= 0.3 is 0 Å². The van der Waals surface area contributed by atoms with Gasteiger partial charge in [0.15, 0.2) is 0 Å². The first kappa shape index (κ1) is 14.3. The Hall–Kier alpha value is -0.760. The van der Waals surface area contributed by atoms with Crippen molar-refractivity contribution in [2.45, 2.75) is 56.1 Å². The molecule has 0 bridgehead atoms. The van der Waals surface area contributed by atoms with Crippen LogP contribution in [0.3, 0.4) is 0 Å². The number of hydrogen-bond donors (Lipinski definition) is 0. The molecule has 0 saturated heterocycles. The van der Waals surface area contributed by atoms with Crippen molar-refractivity contribution in [3.05, 3.63) is 29.8 Å². The summed E-state index contributed by atoms with van der Waals surface area (Å²) in [5, 5.41) is 0.637. The predicted octanol–water partition coefficient (Wildman–Crippen LogP) is 4.49. The minimum absolute atomic E-state index is 0.637. The summed E-state index contributed by atoms with van der Waals surface area (Å²) >= 11 is 1.91. The summed E-state index contributed by atoms with van der Waals surface area (Å²) in [6.45, 7) is 4.44. The average Bonchev–Trinajstić information content (AvgIpc) is 2.28. The number of hydrogen-bond acceptors (Lipinski definition) is 2. The minimum Gasteiger partial charge on any atom is -0.303 e. The van der Waals surface area contributed by atoms with Crippen LogP contribution < -0.4 is 0 Å². The van der Waals surface area contributed by atoms with Crippen LogP contribution in [-0.4, -0.2) is 11.5 Å². The Balaban J connectivity index is 2.35. The minimum atomic E-state index is 0.637. The van der Waals surface area contributed by atoms with Gasteiger partial charge in [0.25, 0.3) is 0 Å². The van der Waals surface area contributed by atoms with Gasteiger partial charge in [0, 0.05) is 16.6 Å². The lowest BCUT2D eigenvalue weighted by molar-refractivity contribution is -0.107. The maximum Gasteiger partial charge on any atom is 0.119 e. The van der Waals surface area contributed by atoms with E-state index in [0.717, 1.165) is 25.5 Å². The fourth-order valence-electron chi connectivity index (χ4n) is 1.78. The van der Waals surface area contributed by atoms with Gasteiger partial charge in [0.2, 0.25) is 0 Å². The summed E-state index contributed by atoms with van der Waals surface area (Å²) < 4.78 is 0. The molecule has 0 spiro atoms. The molecule has 0 unspecified atom stereocenters. The molecule has 0 amide bonds. The standard InChI is InChI=1S/C15H22OS/c1-13(2)17-15-10-7-9-14(12-15)8-5-3-4-6-11-16/h7,9-13H,3-6,8H2,1-2H3. The third-order valence-electron chi connectivity index (χ3n) is 2.56. The van der Waals surface area contributed by atoms with Crippen molar-refractivity contribution in [3.63, 3.8) is 0 Å². The van der Waals surface area contributed by atoms with Gasteiger partial charge in [-0.3, -0.25) is 0 Å². The Labute approximate surface area is 109 Å². The van der Waals surface area contributed by atoms with E-state index in [9.17, 15) is 4.79 Å². The van der Waals surface area contributed by atoms with Crippen LogP contribution >= 0.6 is 11.8 Å². The van der Waals surface area contributed by atoms with E-state index in [0.29, 0.717) is 11.7 Å². The van der Waals surface area contributed by atoms with Crippen molar-refractivity contribution in [2.75, 3.05) is 0 Å². The second-order valence-electron chi connectivity index (χ2n) is 4.58. The summed E-state index contributed by atoms with van der Waals surface area (Å²) in [6, 6.07) is 8.82. The molecule has 0 aliphatic rings. The molecule has 0 heterocycles. The van der Waals surface area contributed by atoms with Crippen LogP contribution in [0.1, 0.15) is 45.1 Å².